The maximum Gasteiger partial charge on any atom is 0.573 e. The van der Waals surface area contributed by atoms with Gasteiger partial charge in [0.1, 0.15) is 0 Å². The van der Waals surface area contributed by atoms with Crippen LogP contribution in [0.25, 0.3) is 0 Å². The number of rotatable bonds is 9. The van der Waals surface area contributed by atoms with Gasteiger partial charge >= 0.3 is 6.36 Å². The Labute approximate surface area is 166 Å². The minimum atomic E-state index is -4.84. The molecule has 0 saturated heterocycles. The van der Waals surface area contributed by atoms with E-state index in [2.05, 4.69) is 15.4 Å². The van der Waals surface area contributed by atoms with E-state index in [0.717, 1.165) is 6.07 Å². The number of amides is 2. The Balaban J connectivity index is 1.69. The molecule has 0 radical (unpaired) electrons. The zero-order chi connectivity index (χ0) is 21.3. The van der Waals surface area contributed by atoms with Crippen LogP contribution in [0.2, 0.25) is 0 Å². The molecule has 0 aromatic heterocycles. The van der Waals surface area contributed by atoms with E-state index in [4.69, 9.17) is 5.73 Å². The smallest absolute Gasteiger partial charge is 0.404 e. The molecule has 0 heterocycles. The summed E-state index contributed by atoms with van der Waals surface area (Å²) in [6.07, 6.45) is -2.77. The van der Waals surface area contributed by atoms with Crippen LogP contribution in [0.3, 0.4) is 0 Å². The summed E-state index contributed by atoms with van der Waals surface area (Å²) in [5.74, 6) is -1.07. The lowest BCUT2D eigenvalue weighted by Crippen LogP contribution is -2.19. The molecular weight excluding hydrogens is 387 g/mol. The zero-order valence-corrected chi connectivity index (χ0v) is 15.6. The molecule has 6 nitrogen and oxygen atoms in total. The van der Waals surface area contributed by atoms with Gasteiger partial charge in [0.2, 0.25) is 11.8 Å². The number of nitrogen functional groups attached to an aromatic ring is 1. The third kappa shape index (κ3) is 8.12. The summed E-state index contributed by atoms with van der Waals surface area (Å²) in [5.41, 5.74) is 6.74. The van der Waals surface area contributed by atoms with E-state index in [1.807, 2.05) is 0 Å². The van der Waals surface area contributed by atoms with E-state index < -0.39 is 18.0 Å². The molecule has 2 rings (SSSR count). The van der Waals surface area contributed by atoms with Gasteiger partial charge in [-0.3, -0.25) is 9.59 Å². The summed E-state index contributed by atoms with van der Waals surface area (Å²) in [7, 11) is 0. The SMILES string of the molecule is Nc1ccccc1NC(=O)CCCCCC(=O)Nc1ccccc1OC(F)(F)F. The predicted octanol–water partition coefficient (Wildman–Crippen LogP) is 4.70. The van der Waals surface area contributed by atoms with Crippen LogP contribution < -0.4 is 21.1 Å². The van der Waals surface area contributed by atoms with Gasteiger partial charge in [0.25, 0.3) is 0 Å². The lowest BCUT2D eigenvalue weighted by Gasteiger charge is -2.13. The van der Waals surface area contributed by atoms with Gasteiger partial charge in [0.05, 0.1) is 17.1 Å². The number of carbonyl (C=O) groups excluding carboxylic acids is 2. The molecule has 156 valence electrons. The molecule has 2 aromatic rings. The van der Waals surface area contributed by atoms with E-state index >= 15 is 0 Å². The van der Waals surface area contributed by atoms with Crippen molar-refractivity contribution in [3.63, 3.8) is 0 Å². The van der Waals surface area contributed by atoms with E-state index in [1.165, 1.54) is 18.2 Å². The van der Waals surface area contributed by atoms with E-state index in [1.54, 1.807) is 24.3 Å². The van der Waals surface area contributed by atoms with Crippen molar-refractivity contribution in [2.75, 3.05) is 16.4 Å². The number of ether oxygens (including phenoxy) is 1. The first-order valence-electron chi connectivity index (χ1n) is 9.03. The monoisotopic (exact) mass is 409 g/mol. The molecule has 0 unspecified atom stereocenters. The summed E-state index contributed by atoms with van der Waals surface area (Å²) < 4.78 is 41.1. The number of para-hydroxylation sites is 4. The second kappa shape index (κ2) is 10.4. The molecule has 4 N–H and O–H groups in total. The molecule has 0 fully saturated rings. The molecule has 0 aliphatic heterocycles. The van der Waals surface area contributed by atoms with Crippen LogP contribution in [-0.2, 0) is 9.59 Å². The van der Waals surface area contributed by atoms with Gasteiger partial charge < -0.3 is 21.1 Å². The highest BCUT2D eigenvalue weighted by atomic mass is 19.4. The normalized spacial score (nSPS) is 11.0. The molecule has 0 spiro atoms. The number of halogens is 3. The number of benzene rings is 2. The largest absolute Gasteiger partial charge is 0.573 e. The Bertz CT molecular complexity index is 841. The van der Waals surface area contributed by atoms with Crippen LogP contribution in [-0.4, -0.2) is 18.2 Å². The highest BCUT2D eigenvalue weighted by Gasteiger charge is 2.32. The van der Waals surface area contributed by atoms with Gasteiger partial charge in [-0.15, -0.1) is 13.2 Å². The van der Waals surface area contributed by atoms with E-state index in [9.17, 15) is 22.8 Å². The first kappa shape index (κ1) is 22.1. The number of nitrogens with two attached hydrogens (primary N) is 1. The van der Waals surface area contributed by atoms with E-state index in [-0.39, 0.29) is 24.4 Å². The lowest BCUT2D eigenvalue weighted by atomic mass is 10.1. The molecule has 0 atom stereocenters. The standard InChI is InChI=1S/C20H22F3N3O3/c21-20(22,23)29-17-11-7-6-10-16(17)26-19(28)13-3-1-2-12-18(27)25-15-9-5-4-8-14(15)24/h4-11H,1-3,12-13,24H2,(H,25,27)(H,26,28). The van der Waals surface area contributed by atoms with Crippen LogP contribution in [0.1, 0.15) is 32.1 Å². The maximum atomic E-state index is 12.4. The van der Waals surface area contributed by atoms with Gasteiger partial charge in [-0.05, 0) is 37.1 Å². The highest BCUT2D eigenvalue weighted by Crippen LogP contribution is 2.30. The minimum Gasteiger partial charge on any atom is -0.404 e. The predicted molar refractivity (Wildman–Crippen MR) is 104 cm³/mol. The molecule has 2 amide bonds. The Hall–Kier alpha value is -3.23. The van der Waals surface area contributed by atoms with Gasteiger partial charge in [-0.1, -0.05) is 30.7 Å². The third-order valence-corrected chi connectivity index (χ3v) is 3.93. The fraction of sp³-hybridized carbons (Fsp3) is 0.300. The van der Waals surface area contributed by atoms with Crippen LogP contribution in [0.5, 0.6) is 5.75 Å². The van der Waals surface area contributed by atoms with Crippen molar-refractivity contribution in [1.82, 2.24) is 0 Å². The Morgan fingerprint density at radius 3 is 1.93 bits per heavy atom. The summed E-state index contributed by atoms with van der Waals surface area (Å²) in [5, 5.41) is 5.13. The average molecular weight is 409 g/mol. The molecule has 0 bridgehead atoms. The first-order valence-corrected chi connectivity index (χ1v) is 9.03. The molecule has 0 saturated carbocycles. The molecule has 29 heavy (non-hydrogen) atoms. The topological polar surface area (TPSA) is 93.5 Å². The number of unbranched alkanes of at least 4 members (excludes halogenated alkanes) is 2. The summed E-state index contributed by atoms with van der Waals surface area (Å²) in [6.45, 7) is 0. The number of alkyl halides is 3. The number of hydrogen-bond donors (Lipinski definition) is 3. The highest BCUT2D eigenvalue weighted by molar-refractivity contribution is 5.94. The van der Waals surface area contributed by atoms with Crippen molar-refractivity contribution in [3.05, 3.63) is 48.5 Å². The number of anilines is 3. The van der Waals surface area contributed by atoms with Crippen molar-refractivity contribution < 1.29 is 27.5 Å². The van der Waals surface area contributed by atoms with Crippen molar-refractivity contribution in [3.8, 4) is 5.75 Å². The lowest BCUT2D eigenvalue weighted by molar-refractivity contribution is -0.274. The van der Waals surface area contributed by atoms with Crippen LogP contribution in [0, 0.1) is 0 Å². The van der Waals surface area contributed by atoms with Gasteiger partial charge in [0.15, 0.2) is 5.75 Å². The van der Waals surface area contributed by atoms with Crippen LogP contribution in [0.4, 0.5) is 30.2 Å². The molecule has 0 aliphatic carbocycles. The molecule has 9 heteroatoms. The van der Waals surface area contributed by atoms with Crippen molar-refractivity contribution in [2.45, 2.75) is 38.5 Å². The second-order valence-corrected chi connectivity index (χ2v) is 6.29. The number of carbonyl (C=O) groups is 2. The quantitative estimate of drug-likeness (QED) is 0.414. The fourth-order valence-electron chi connectivity index (χ4n) is 2.57. The van der Waals surface area contributed by atoms with Crippen molar-refractivity contribution >= 4 is 28.9 Å². The van der Waals surface area contributed by atoms with Gasteiger partial charge in [-0.2, -0.15) is 0 Å². The average Bonchev–Trinajstić information content (AvgIpc) is 2.64. The zero-order valence-electron chi connectivity index (χ0n) is 15.6. The van der Waals surface area contributed by atoms with Gasteiger partial charge in [0, 0.05) is 12.8 Å². The first-order chi connectivity index (χ1) is 13.7. The summed E-state index contributed by atoms with van der Waals surface area (Å²) >= 11 is 0. The Morgan fingerprint density at radius 1 is 0.828 bits per heavy atom. The minimum absolute atomic E-state index is 0.0466. The summed E-state index contributed by atoms with van der Waals surface area (Å²) in [4.78, 5) is 23.9. The Morgan fingerprint density at radius 2 is 1.34 bits per heavy atom. The van der Waals surface area contributed by atoms with Gasteiger partial charge in [-0.25, -0.2) is 0 Å². The third-order valence-electron chi connectivity index (χ3n) is 3.93. The molecular formula is C20H22F3N3O3. The maximum absolute atomic E-state index is 12.4. The second-order valence-electron chi connectivity index (χ2n) is 6.29. The van der Waals surface area contributed by atoms with Crippen molar-refractivity contribution in [1.29, 1.82) is 0 Å². The number of nitrogens with one attached hydrogen (secondary N) is 2. The number of hydrogen-bond acceptors (Lipinski definition) is 4. The molecule has 2 aromatic carbocycles. The fourth-order valence-corrected chi connectivity index (χ4v) is 2.57. The van der Waals surface area contributed by atoms with Crippen molar-refractivity contribution in [2.24, 2.45) is 0 Å². The van der Waals surface area contributed by atoms with Crippen LogP contribution >= 0.6 is 0 Å². The van der Waals surface area contributed by atoms with Crippen LogP contribution in [0.15, 0.2) is 48.5 Å². The Kier molecular flexibility index (Phi) is 7.88. The van der Waals surface area contributed by atoms with E-state index in [0.29, 0.717) is 30.6 Å². The molecule has 0 aliphatic rings. The summed E-state index contributed by atoms with van der Waals surface area (Å²) in [6, 6.07) is 12.3.